The van der Waals surface area contributed by atoms with Crippen molar-refractivity contribution >= 4 is 15.9 Å². The molecule has 0 radical (unpaired) electrons. The Kier molecular flexibility index (Phi) is 3.71. The second-order valence-corrected chi connectivity index (χ2v) is 8.94. The molecule has 2 rings (SSSR count). The van der Waals surface area contributed by atoms with Gasteiger partial charge in [0, 0.05) is 6.42 Å². The lowest BCUT2D eigenvalue weighted by Gasteiger charge is -2.43. The van der Waals surface area contributed by atoms with E-state index in [9.17, 15) is 8.42 Å². The van der Waals surface area contributed by atoms with Gasteiger partial charge in [-0.2, -0.15) is 0 Å². The highest BCUT2D eigenvalue weighted by molar-refractivity contribution is 7.91. The number of nitrogens with zero attached hydrogens (tertiary/aromatic N) is 1. The summed E-state index contributed by atoms with van der Waals surface area (Å²) in [6.07, 6.45) is 6.75. The molecule has 0 atom stereocenters. The fourth-order valence-corrected chi connectivity index (χ4v) is 3.98. The highest BCUT2D eigenvalue weighted by Crippen LogP contribution is 2.39. The molecule has 4 nitrogen and oxygen atoms in total. The lowest BCUT2D eigenvalue weighted by atomic mass is 9.86. The van der Waals surface area contributed by atoms with E-state index in [0.717, 1.165) is 12.8 Å². The Balaban J connectivity index is 2.21. The molecule has 0 aromatic carbocycles. The zero-order chi connectivity index (χ0) is 14.3. The molecule has 0 bridgehead atoms. The van der Waals surface area contributed by atoms with Crippen molar-refractivity contribution in [1.29, 1.82) is 0 Å². The molecule has 1 aliphatic carbocycles. The molecule has 0 spiro atoms. The van der Waals surface area contributed by atoms with Gasteiger partial charge in [0.25, 0.3) is 10.0 Å². The van der Waals surface area contributed by atoms with Crippen LogP contribution in [0.15, 0.2) is 4.40 Å². The number of hydrogen-bond donors (Lipinski definition) is 0. The summed E-state index contributed by atoms with van der Waals surface area (Å²) in [5.74, 6) is 0.941. The van der Waals surface area contributed by atoms with E-state index in [2.05, 4.69) is 4.40 Å². The van der Waals surface area contributed by atoms with Gasteiger partial charge >= 0.3 is 0 Å². The molecule has 0 N–H and O–H groups in total. The van der Waals surface area contributed by atoms with Crippen LogP contribution in [0.1, 0.15) is 66.2 Å². The summed E-state index contributed by atoms with van der Waals surface area (Å²) in [6.45, 7) is 7.03. The molecule has 0 saturated heterocycles. The predicted octanol–water partition coefficient (Wildman–Crippen LogP) is 3.27. The zero-order valence-corrected chi connectivity index (χ0v) is 13.2. The Labute approximate surface area is 116 Å². The van der Waals surface area contributed by atoms with Crippen molar-refractivity contribution in [2.75, 3.05) is 0 Å². The molecule has 5 heteroatoms. The Morgan fingerprint density at radius 1 is 1.16 bits per heavy atom. The van der Waals surface area contributed by atoms with Gasteiger partial charge in [-0.15, -0.1) is 4.40 Å². The minimum Gasteiger partial charge on any atom is -0.472 e. The first kappa shape index (κ1) is 14.8. The highest BCUT2D eigenvalue weighted by Gasteiger charge is 2.53. The van der Waals surface area contributed by atoms with E-state index in [0.29, 0.717) is 18.2 Å². The summed E-state index contributed by atoms with van der Waals surface area (Å²) in [4.78, 5) is 0. The maximum Gasteiger partial charge on any atom is 0.265 e. The Hall–Kier alpha value is -0.580. The maximum atomic E-state index is 12.3. The molecule has 0 unspecified atom stereocenters. The van der Waals surface area contributed by atoms with E-state index in [1.807, 2.05) is 13.8 Å². The quantitative estimate of drug-likeness (QED) is 0.783. The third-order valence-corrected chi connectivity index (χ3v) is 7.10. The number of sulfonamides is 1. The largest absolute Gasteiger partial charge is 0.472 e. The molecule has 2 aliphatic rings. The van der Waals surface area contributed by atoms with Crippen molar-refractivity contribution in [3.05, 3.63) is 0 Å². The minimum absolute atomic E-state index is 0.413. The molecule has 1 saturated carbocycles. The summed E-state index contributed by atoms with van der Waals surface area (Å²) in [6, 6.07) is 0. The lowest BCUT2D eigenvalue weighted by Crippen LogP contribution is -2.56. The molecule has 19 heavy (non-hydrogen) atoms. The minimum atomic E-state index is -3.51. The van der Waals surface area contributed by atoms with Gasteiger partial charge in [0.2, 0.25) is 5.90 Å². The normalized spacial score (nSPS) is 29.4. The average Bonchev–Trinajstić information content (AvgIpc) is 2.27. The lowest BCUT2D eigenvalue weighted by molar-refractivity contribution is 0.0491. The number of rotatable bonds is 2. The second-order valence-electron chi connectivity index (χ2n) is 6.79. The molecule has 0 aromatic rings. The summed E-state index contributed by atoms with van der Waals surface area (Å²) >= 11 is 0. The van der Waals surface area contributed by atoms with E-state index in [-0.39, 0.29) is 0 Å². The van der Waals surface area contributed by atoms with Crippen molar-refractivity contribution in [3.63, 3.8) is 0 Å². The van der Waals surface area contributed by atoms with Crippen LogP contribution in [0.3, 0.4) is 0 Å². The van der Waals surface area contributed by atoms with Crippen LogP contribution >= 0.6 is 0 Å². The highest BCUT2D eigenvalue weighted by atomic mass is 32.2. The average molecular weight is 287 g/mol. The number of hydrogen-bond acceptors (Lipinski definition) is 3. The Morgan fingerprint density at radius 3 is 2.26 bits per heavy atom. The van der Waals surface area contributed by atoms with Crippen molar-refractivity contribution in [1.82, 2.24) is 0 Å². The van der Waals surface area contributed by atoms with Crippen LogP contribution in [0.4, 0.5) is 0 Å². The van der Waals surface area contributed by atoms with Crippen LogP contribution in [0.2, 0.25) is 0 Å². The first-order valence-electron chi connectivity index (χ1n) is 7.18. The van der Waals surface area contributed by atoms with Crippen molar-refractivity contribution in [2.24, 2.45) is 10.3 Å². The SMILES string of the molecule is CC1(C)OC(CC2CCCCC2)=NS(=O)(=O)C1(C)C. The third-order valence-electron chi connectivity index (χ3n) is 4.88. The Bertz CT molecular complexity index is 471. The van der Waals surface area contributed by atoms with Crippen molar-refractivity contribution in [3.8, 4) is 0 Å². The Morgan fingerprint density at radius 2 is 1.74 bits per heavy atom. The fourth-order valence-electron chi connectivity index (χ4n) is 2.71. The second kappa shape index (κ2) is 4.76. The van der Waals surface area contributed by atoms with Gasteiger partial charge in [-0.25, -0.2) is 8.42 Å². The molecule has 1 fully saturated rings. The molecule has 0 aromatic heterocycles. The third kappa shape index (κ3) is 2.67. The first-order valence-corrected chi connectivity index (χ1v) is 8.62. The monoisotopic (exact) mass is 287 g/mol. The van der Waals surface area contributed by atoms with E-state index >= 15 is 0 Å². The zero-order valence-electron chi connectivity index (χ0n) is 12.4. The van der Waals surface area contributed by atoms with Gasteiger partial charge in [-0.1, -0.05) is 19.3 Å². The molecule has 1 aliphatic heterocycles. The molecule has 0 amide bonds. The topological polar surface area (TPSA) is 55.7 Å². The van der Waals surface area contributed by atoms with Crippen molar-refractivity contribution < 1.29 is 13.2 Å². The van der Waals surface area contributed by atoms with Crippen LogP contribution in [0.5, 0.6) is 0 Å². The summed E-state index contributed by atoms with van der Waals surface area (Å²) < 4.78 is 33.4. The molecular weight excluding hydrogens is 262 g/mol. The summed E-state index contributed by atoms with van der Waals surface area (Å²) in [5, 5.41) is 0. The van der Waals surface area contributed by atoms with Crippen LogP contribution in [0, 0.1) is 5.92 Å². The molecular formula is C14H25NO3S. The van der Waals surface area contributed by atoms with E-state index < -0.39 is 20.4 Å². The summed E-state index contributed by atoms with van der Waals surface area (Å²) in [7, 11) is -3.51. The standard InChI is InChI=1S/C14H25NO3S/c1-13(2)14(3,4)19(16,17)15-12(18-13)10-11-8-6-5-7-9-11/h11H,5-10H2,1-4H3. The first-order chi connectivity index (χ1) is 8.66. The van der Waals surface area contributed by atoms with Crippen LogP contribution < -0.4 is 0 Å². The van der Waals surface area contributed by atoms with Gasteiger partial charge in [-0.05, 0) is 46.5 Å². The van der Waals surface area contributed by atoms with Crippen LogP contribution in [-0.4, -0.2) is 24.7 Å². The van der Waals surface area contributed by atoms with Crippen molar-refractivity contribution in [2.45, 2.75) is 76.6 Å². The smallest absolute Gasteiger partial charge is 0.265 e. The van der Waals surface area contributed by atoms with E-state index in [1.54, 1.807) is 13.8 Å². The van der Waals surface area contributed by atoms with Gasteiger partial charge in [0.15, 0.2) is 0 Å². The van der Waals surface area contributed by atoms with Crippen LogP contribution in [-0.2, 0) is 14.8 Å². The van der Waals surface area contributed by atoms with Gasteiger partial charge < -0.3 is 4.74 Å². The molecule has 1 heterocycles. The maximum absolute atomic E-state index is 12.3. The van der Waals surface area contributed by atoms with E-state index in [1.165, 1.54) is 19.3 Å². The fraction of sp³-hybridized carbons (Fsp3) is 0.929. The molecule has 110 valence electrons. The van der Waals surface area contributed by atoms with Gasteiger partial charge in [-0.3, -0.25) is 0 Å². The van der Waals surface area contributed by atoms with Crippen LogP contribution in [0.25, 0.3) is 0 Å². The van der Waals surface area contributed by atoms with Gasteiger partial charge in [0.1, 0.15) is 10.3 Å². The summed E-state index contributed by atoms with van der Waals surface area (Å²) in [5.41, 5.74) is -0.739. The van der Waals surface area contributed by atoms with Gasteiger partial charge in [0.05, 0.1) is 0 Å². The van der Waals surface area contributed by atoms with E-state index in [4.69, 9.17) is 4.74 Å². The number of ether oxygens (including phenoxy) is 1. The predicted molar refractivity (Wildman–Crippen MR) is 76.8 cm³/mol.